The van der Waals surface area contributed by atoms with E-state index >= 15 is 0 Å². The van der Waals surface area contributed by atoms with Crippen LogP contribution in [0.15, 0.2) is 35.1 Å². The van der Waals surface area contributed by atoms with Crippen molar-refractivity contribution in [3.63, 3.8) is 0 Å². The first kappa shape index (κ1) is 26.0. The molecule has 0 amide bonds. The van der Waals surface area contributed by atoms with Crippen molar-refractivity contribution < 1.29 is 0 Å². The SMILES string of the molecule is C=CCCCCC(CC1C(C)CC2C=CSC21)C1C2C=C(C)SC2C2CCCCC21.CCC. The van der Waals surface area contributed by atoms with Gasteiger partial charge in [-0.1, -0.05) is 71.1 Å². The van der Waals surface area contributed by atoms with Gasteiger partial charge < -0.3 is 0 Å². The molecular formula is C31H50S2. The van der Waals surface area contributed by atoms with Gasteiger partial charge in [-0.25, -0.2) is 0 Å². The van der Waals surface area contributed by atoms with Crippen molar-refractivity contribution in [1.82, 2.24) is 0 Å². The van der Waals surface area contributed by atoms with E-state index in [0.29, 0.717) is 0 Å². The molecule has 0 aromatic heterocycles. The molecule has 33 heavy (non-hydrogen) atoms. The highest BCUT2D eigenvalue weighted by Crippen LogP contribution is 2.62. The highest BCUT2D eigenvalue weighted by molar-refractivity contribution is 8.04. The first-order valence-corrected chi connectivity index (χ1v) is 16.2. The average Bonchev–Trinajstić information content (AvgIpc) is 3.53. The number of rotatable bonds is 8. The molecule has 0 aromatic carbocycles. The minimum Gasteiger partial charge on any atom is -0.130 e. The molecule has 0 spiro atoms. The molecule has 0 N–H and O–H groups in total. The standard InChI is InChI=1S/C28H42S2.C3H8/c1-4-5-6-7-10-20(17-24-18(2)15-21-13-14-29-27(21)24)26-22-11-8-9-12-23(22)28-25(26)16-19(3)30-28;1-3-2/h4,13-14,16,18,20-28H,1,5-12,15,17H2,2-3H3;3H2,1-2H3. The van der Waals surface area contributed by atoms with Crippen LogP contribution in [-0.4, -0.2) is 10.5 Å². The Hall–Kier alpha value is -0.0800. The average molecular weight is 487 g/mol. The summed E-state index contributed by atoms with van der Waals surface area (Å²) in [5.41, 5.74) is 0. The van der Waals surface area contributed by atoms with Crippen LogP contribution in [0.2, 0.25) is 0 Å². The van der Waals surface area contributed by atoms with Crippen molar-refractivity contribution in [3.05, 3.63) is 35.1 Å². The van der Waals surface area contributed by atoms with Gasteiger partial charge in [-0.3, -0.25) is 0 Å². The molecule has 0 saturated heterocycles. The normalized spacial score (nSPS) is 41.6. The summed E-state index contributed by atoms with van der Waals surface area (Å²) < 4.78 is 0. The molecule has 5 rings (SSSR count). The van der Waals surface area contributed by atoms with E-state index in [1.165, 1.54) is 70.6 Å². The fourth-order valence-electron chi connectivity index (χ4n) is 8.31. The molecule has 5 aliphatic rings. The summed E-state index contributed by atoms with van der Waals surface area (Å²) in [6.45, 7) is 13.2. The van der Waals surface area contributed by atoms with Gasteiger partial charge in [0.05, 0.1) is 0 Å². The number of thioether (sulfide) groups is 2. The Morgan fingerprint density at radius 1 is 1.12 bits per heavy atom. The number of hydrogen-bond acceptors (Lipinski definition) is 2. The van der Waals surface area contributed by atoms with Crippen LogP contribution in [0, 0.1) is 47.3 Å². The topological polar surface area (TPSA) is 0 Å². The first-order chi connectivity index (χ1) is 16.1. The van der Waals surface area contributed by atoms with E-state index in [1.807, 2.05) is 0 Å². The molecule has 3 aliphatic carbocycles. The van der Waals surface area contributed by atoms with Crippen molar-refractivity contribution in [2.45, 2.75) is 109 Å². The van der Waals surface area contributed by atoms with Crippen LogP contribution < -0.4 is 0 Å². The van der Waals surface area contributed by atoms with Crippen LogP contribution >= 0.6 is 23.5 Å². The molecule has 2 aliphatic heterocycles. The quantitative estimate of drug-likeness (QED) is 0.247. The van der Waals surface area contributed by atoms with E-state index < -0.39 is 0 Å². The summed E-state index contributed by atoms with van der Waals surface area (Å²) in [5.74, 6) is 7.58. The van der Waals surface area contributed by atoms with Crippen molar-refractivity contribution in [2.24, 2.45) is 47.3 Å². The summed E-state index contributed by atoms with van der Waals surface area (Å²) in [7, 11) is 0. The van der Waals surface area contributed by atoms with Crippen molar-refractivity contribution >= 4 is 23.5 Å². The summed E-state index contributed by atoms with van der Waals surface area (Å²) >= 11 is 4.44. The molecule has 0 nitrogen and oxygen atoms in total. The highest BCUT2D eigenvalue weighted by Gasteiger charge is 2.55. The van der Waals surface area contributed by atoms with E-state index in [-0.39, 0.29) is 0 Å². The second-order valence-electron chi connectivity index (χ2n) is 11.9. The maximum absolute atomic E-state index is 3.97. The van der Waals surface area contributed by atoms with Gasteiger partial charge in [-0.05, 0) is 103 Å². The Kier molecular flexibility index (Phi) is 9.65. The van der Waals surface area contributed by atoms with Gasteiger partial charge in [-0.15, -0.1) is 30.1 Å². The van der Waals surface area contributed by atoms with Gasteiger partial charge in [0.15, 0.2) is 0 Å². The van der Waals surface area contributed by atoms with Gasteiger partial charge in [0.1, 0.15) is 0 Å². The van der Waals surface area contributed by atoms with Crippen LogP contribution in [0.5, 0.6) is 0 Å². The third-order valence-corrected chi connectivity index (χ3v) is 12.3. The van der Waals surface area contributed by atoms with Crippen LogP contribution in [0.1, 0.15) is 98.3 Å². The Bertz CT molecular complexity index is 693. The predicted octanol–water partition coefficient (Wildman–Crippen LogP) is 10.1. The minimum atomic E-state index is 0.874. The molecule has 0 aromatic rings. The highest BCUT2D eigenvalue weighted by atomic mass is 32.2. The Labute approximate surface area is 214 Å². The van der Waals surface area contributed by atoms with Crippen LogP contribution in [0.3, 0.4) is 0 Å². The van der Waals surface area contributed by atoms with Gasteiger partial charge in [0.25, 0.3) is 0 Å². The summed E-state index contributed by atoms with van der Waals surface area (Å²) in [6.07, 6.45) is 23.1. The molecule has 10 unspecified atom stereocenters. The number of allylic oxidation sites excluding steroid dienone is 4. The number of hydrogen-bond donors (Lipinski definition) is 0. The molecule has 3 saturated carbocycles. The first-order valence-electron chi connectivity index (χ1n) is 14.4. The lowest BCUT2D eigenvalue weighted by atomic mass is 9.68. The summed E-state index contributed by atoms with van der Waals surface area (Å²) in [4.78, 5) is 1.63. The molecule has 2 heteroatoms. The third-order valence-electron chi connectivity index (χ3n) is 9.50. The Morgan fingerprint density at radius 2 is 1.88 bits per heavy atom. The number of unbranched alkanes of at least 4 members (excludes halogenated alkanes) is 2. The zero-order valence-corrected chi connectivity index (χ0v) is 23.5. The molecule has 0 bridgehead atoms. The fourth-order valence-corrected chi connectivity index (χ4v) is 11.4. The second kappa shape index (κ2) is 12.2. The van der Waals surface area contributed by atoms with E-state index in [4.69, 9.17) is 0 Å². The Morgan fingerprint density at radius 3 is 2.64 bits per heavy atom. The lowest BCUT2D eigenvalue weighted by Crippen LogP contribution is -2.31. The van der Waals surface area contributed by atoms with E-state index in [0.717, 1.165) is 57.8 Å². The zero-order chi connectivity index (χ0) is 23.4. The molecule has 2 heterocycles. The monoisotopic (exact) mass is 486 g/mol. The van der Waals surface area contributed by atoms with Crippen molar-refractivity contribution in [3.8, 4) is 0 Å². The largest absolute Gasteiger partial charge is 0.130 e. The van der Waals surface area contributed by atoms with Crippen LogP contribution in [0.4, 0.5) is 0 Å². The van der Waals surface area contributed by atoms with E-state index in [1.54, 1.807) is 4.91 Å². The third kappa shape index (κ3) is 5.68. The summed E-state index contributed by atoms with van der Waals surface area (Å²) in [6, 6.07) is 0. The minimum absolute atomic E-state index is 0.874. The van der Waals surface area contributed by atoms with Crippen molar-refractivity contribution in [2.75, 3.05) is 0 Å². The summed E-state index contributed by atoms with van der Waals surface area (Å²) in [5, 5.41) is 4.24. The molecule has 10 atom stereocenters. The lowest BCUT2D eigenvalue weighted by molar-refractivity contribution is 0.131. The van der Waals surface area contributed by atoms with Crippen LogP contribution in [0.25, 0.3) is 0 Å². The van der Waals surface area contributed by atoms with Gasteiger partial charge in [-0.2, -0.15) is 0 Å². The predicted molar refractivity (Wildman–Crippen MR) is 152 cm³/mol. The van der Waals surface area contributed by atoms with E-state index in [2.05, 4.69) is 81.4 Å². The lowest BCUT2D eigenvalue weighted by Gasteiger charge is -2.38. The van der Waals surface area contributed by atoms with Crippen molar-refractivity contribution in [1.29, 1.82) is 0 Å². The molecule has 3 fully saturated rings. The van der Waals surface area contributed by atoms with Gasteiger partial charge in [0, 0.05) is 10.5 Å². The maximum Gasteiger partial charge on any atom is 0.0188 e. The second-order valence-corrected chi connectivity index (χ2v) is 14.4. The maximum atomic E-state index is 3.97. The fraction of sp³-hybridized carbons (Fsp3) is 0.806. The molecule has 0 radical (unpaired) electrons. The molecular weight excluding hydrogens is 436 g/mol. The Balaban J connectivity index is 0.000000821. The van der Waals surface area contributed by atoms with Gasteiger partial charge >= 0.3 is 0 Å². The smallest absolute Gasteiger partial charge is 0.0188 e. The number of fused-ring (bicyclic) bond motifs is 4. The van der Waals surface area contributed by atoms with E-state index in [9.17, 15) is 0 Å². The van der Waals surface area contributed by atoms with Gasteiger partial charge in [0.2, 0.25) is 0 Å². The zero-order valence-electron chi connectivity index (χ0n) is 21.9. The molecule has 186 valence electrons. The van der Waals surface area contributed by atoms with Crippen LogP contribution in [-0.2, 0) is 0 Å².